The van der Waals surface area contributed by atoms with Gasteiger partial charge in [0.05, 0.1) is 59.0 Å². The molecule has 5 aliphatic heterocycles. The number of fused-ring (bicyclic) bond motifs is 8. The lowest BCUT2D eigenvalue weighted by molar-refractivity contribution is -0.141. The van der Waals surface area contributed by atoms with Crippen LogP contribution in [0.25, 0.3) is 0 Å². The summed E-state index contributed by atoms with van der Waals surface area (Å²) in [7, 11) is 3.18. The van der Waals surface area contributed by atoms with Crippen molar-refractivity contribution in [2.45, 2.75) is 147 Å². The van der Waals surface area contributed by atoms with Gasteiger partial charge in [-0.25, -0.2) is 0 Å². The van der Waals surface area contributed by atoms with Gasteiger partial charge in [-0.3, -0.25) is 4.79 Å². The molecule has 8 bridgehead atoms. The quantitative estimate of drug-likeness (QED) is 0.125. The fourth-order valence-corrected chi connectivity index (χ4v) is 12.6. The molecule has 5 N–H and O–H groups in total. The van der Waals surface area contributed by atoms with Crippen molar-refractivity contribution in [2.75, 3.05) is 53.9 Å². The van der Waals surface area contributed by atoms with E-state index in [1.54, 1.807) is 7.11 Å². The third kappa shape index (κ3) is 8.58. The first-order chi connectivity index (χ1) is 25.1. The fourth-order valence-electron chi connectivity index (χ4n) is 12.6. The maximum absolute atomic E-state index is 12.4. The van der Waals surface area contributed by atoms with Crippen LogP contribution in [-0.2, 0) is 28.5 Å². The number of carbonyl (C=O) groups is 1. The minimum atomic E-state index is -0.289. The molecule has 300 valence electrons. The van der Waals surface area contributed by atoms with Gasteiger partial charge >= 0.3 is 5.97 Å². The van der Waals surface area contributed by atoms with Crippen molar-refractivity contribution in [1.29, 1.82) is 0 Å². The van der Waals surface area contributed by atoms with Crippen molar-refractivity contribution in [3.05, 3.63) is 0 Å². The molecule has 6 aliphatic rings. The van der Waals surface area contributed by atoms with Gasteiger partial charge in [-0.2, -0.15) is 0 Å². The molecule has 52 heavy (non-hydrogen) atoms. The molecule has 1 aliphatic carbocycles. The van der Waals surface area contributed by atoms with E-state index in [0.717, 1.165) is 32.1 Å². The summed E-state index contributed by atoms with van der Waals surface area (Å²) in [6, 6.07) is 2.90. The topological polar surface area (TPSA) is 132 Å². The molecular formula is C41H74N4O7. The van der Waals surface area contributed by atoms with Crippen molar-refractivity contribution in [3.8, 4) is 0 Å². The van der Waals surface area contributed by atoms with E-state index in [4.69, 9.17) is 23.7 Å². The number of aliphatic hydroxyl groups is 1. The normalized spacial score (nSPS) is 46.2. The molecule has 0 aromatic rings. The van der Waals surface area contributed by atoms with Crippen molar-refractivity contribution < 1.29 is 33.6 Å². The van der Waals surface area contributed by atoms with E-state index >= 15 is 0 Å². The molecular weight excluding hydrogens is 660 g/mol. The second-order valence-electron chi connectivity index (χ2n) is 17.8. The number of ether oxygens (including phenoxy) is 5. The summed E-state index contributed by atoms with van der Waals surface area (Å²) in [4.78, 5) is 12.4. The van der Waals surface area contributed by atoms with Crippen molar-refractivity contribution in [1.82, 2.24) is 21.3 Å². The highest BCUT2D eigenvalue weighted by Crippen LogP contribution is 2.50. The third-order valence-corrected chi connectivity index (χ3v) is 15.4. The van der Waals surface area contributed by atoms with Gasteiger partial charge in [0.1, 0.15) is 0 Å². The van der Waals surface area contributed by atoms with Crippen LogP contribution in [0.4, 0.5) is 0 Å². The van der Waals surface area contributed by atoms with Crippen LogP contribution in [0.5, 0.6) is 0 Å². The van der Waals surface area contributed by atoms with Crippen LogP contribution in [0.3, 0.4) is 0 Å². The van der Waals surface area contributed by atoms with Gasteiger partial charge in [0.2, 0.25) is 0 Å². The zero-order valence-electron chi connectivity index (χ0n) is 33.6. The number of aliphatic hydroxyl groups excluding tert-OH is 1. The number of methoxy groups -OCH3 is 2. The Morgan fingerprint density at radius 2 is 1.27 bits per heavy atom. The predicted octanol–water partition coefficient (Wildman–Crippen LogP) is 3.37. The summed E-state index contributed by atoms with van der Waals surface area (Å²) in [6.07, 6.45) is 6.33. The SMILES string of the molecule is CCC1C2CC3NC4C(CC(O)C4C3C)C3NC(CC4NC(CC(N2)C1C)C(C(C)OCCOCCOCCOC)C4C)C(C)C3CCC(=O)OC. The maximum Gasteiger partial charge on any atom is 0.305 e. The maximum atomic E-state index is 12.4. The van der Waals surface area contributed by atoms with E-state index in [9.17, 15) is 9.90 Å². The Morgan fingerprint density at radius 3 is 1.98 bits per heavy atom. The van der Waals surface area contributed by atoms with Crippen molar-refractivity contribution >= 4 is 5.97 Å². The third-order valence-electron chi connectivity index (χ3n) is 15.4. The molecule has 5 heterocycles. The Labute approximate surface area is 314 Å². The van der Waals surface area contributed by atoms with Gasteiger partial charge in [-0.1, -0.05) is 41.0 Å². The summed E-state index contributed by atoms with van der Waals surface area (Å²) >= 11 is 0. The summed E-state index contributed by atoms with van der Waals surface area (Å²) < 4.78 is 28.1. The second-order valence-corrected chi connectivity index (χ2v) is 17.8. The van der Waals surface area contributed by atoms with Crippen LogP contribution in [0, 0.1) is 53.3 Å². The number of hydrogen-bond acceptors (Lipinski definition) is 11. The highest BCUT2D eigenvalue weighted by atomic mass is 16.6. The zero-order chi connectivity index (χ0) is 37.1. The Bertz CT molecular complexity index is 1130. The van der Waals surface area contributed by atoms with Crippen LogP contribution in [-0.4, -0.2) is 125 Å². The smallest absolute Gasteiger partial charge is 0.305 e. The van der Waals surface area contributed by atoms with Gasteiger partial charge in [-0.15, -0.1) is 0 Å². The van der Waals surface area contributed by atoms with E-state index in [1.165, 1.54) is 13.5 Å². The van der Waals surface area contributed by atoms with E-state index < -0.39 is 0 Å². The first-order valence-corrected chi connectivity index (χ1v) is 21.1. The number of rotatable bonds is 15. The highest BCUT2D eigenvalue weighted by molar-refractivity contribution is 5.69. The average Bonchev–Trinajstić information content (AvgIpc) is 3.88. The lowest BCUT2D eigenvalue weighted by Gasteiger charge is -2.32. The first kappa shape index (κ1) is 40.8. The molecule has 6 rings (SSSR count). The summed E-state index contributed by atoms with van der Waals surface area (Å²) in [5.74, 6) is 3.73. The largest absolute Gasteiger partial charge is 0.469 e. The lowest BCUT2D eigenvalue weighted by atomic mass is 9.76. The molecule has 0 radical (unpaired) electrons. The first-order valence-electron chi connectivity index (χ1n) is 21.1. The minimum Gasteiger partial charge on any atom is -0.469 e. The van der Waals surface area contributed by atoms with Crippen LogP contribution in [0.2, 0.25) is 0 Å². The Hall–Kier alpha value is -0.890. The Morgan fingerprint density at radius 1 is 0.692 bits per heavy atom. The molecule has 11 nitrogen and oxygen atoms in total. The van der Waals surface area contributed by atoms with Crippen LogP contribution in [0.1, 0.15) is 86.5 Å². The number of carbonyl (C=O) groups excluding carboxylic acids is 1. The van der Waals surface area contributed by atoms with Crippen LogP contribution >= 0.6 is 0 Å². The molecule has 5 saturated heterocycles. The summed E-state index contributed by atoms with van der Waals surface area (Å²) in [5.41, 5.74) is 0. The molecule has 19 unspecified atom stereocenters. The Balaban J connectivity index is 1.22. The van der Waals surface area contributed by atoms with E-state index in [2.05, 4.69) is 62.8 Å². The molecule has 0 amide bonds. The fraction of sp³-hybridized carbons (Fsp3) is 0.976. The molecule has 0 aromatic carbocycles. The average molecular weight is 735 g/mol. The molecule has 19 atom stereocenters. The highest BCUT2D eigenvalue weighted by Gasteiger charge is 2.58. The van der Waals surface area contributed by atoms with Crippen LogP contribution in [0.15, 0.2) is 0 Å². The van der Waals surface area contributed by atoms with E-state index in [0.29, 0.717) is 136 Å². The molecule has 6 fully saturated rings. The predicted molar refractivity (Wildman–Crippen MR) is 202 cm³/mol. The van der Waals surface area contributed by atoms with Gasteiger partial charge in [-0.05, 0) is 80.5 Å². The molecule has 0 spiro atoms. The number of hydrogen-bond donors (Lipinski definition) is 5. The van der Waals surface area contributed by atoms with Gasteiger partial charge < -0.3 is 50.1 Å². The second kappa shape index (κ2) is 18.4. The number of nitrogens with one attached hydrogen (secondary N) is 4. The monoisotopic (exact) mass is 735 g/mol. The molecule has 11 heteroatoms. The minimum absolute atomic E-state index is 0.0998. The lowest BCUT2D eigenvalue weighted by Crippen LogP contribution is -2.49. The van der Waals surface area contributed by atoms with E-state index in [-0.39, 0.29) is 30.1 Å². The molecule has 0 aromatic heterocycles. The van der Waals surface area contributed by atoms with E-state index in [1.807, 2.05) is 0 Å². The Kier molecular flexibility index (Phi) is 14.4. The zero-order valence-corrected chi connectivity index (χ0v) is 33.6. The standard InChI is InChI=1S/C41H74N4O7/c1-9-27-22(2)30-21-35-38(26(6)52-17-16-51-15-14-50-13-12-48-7)24(4)32(43-35)19-31-23(3)28(10-11-37(47)49-8)40(44-31)29-18-36(46)39-25(5)33(45-41(29)39)20-34(27)42-30/h22-36,38-46H,9-21H2,1-8H3. The van der Waals surface area contributed by atoms with Gasteiger partial charge in [0.25, 0.3) is 0 Å². The van der Waals surface area contributed by atoms with Crippen LogP contribution < -0.4 is 21.3 Å². The van der Waals surface area contributed by atoms with Gasteiger partial charge in [0.15, 0.2) is 0 Å². The van der Waals surface area contributed by atoms with Crippen molar-refractivity contribution in [2.24, 2.45) is 53.3 Å². The number of esters is 1. The molecule has 1 saturated carbocycles. The summed E-state index contributed by atoms with van der Waals surface area (Å²) in [6.45, 7) is 17.8. The van der Waals surface area contributed by atoms with Crippen molar-refractivity contribution in [3.63, 3.8) is 0 Å². The summed E-state index contributed by atoms with van der Waals surface area (Å²) in [5, 5.41) is 28.5. The van der Waals surface area contributed by atoms with Gasteiger partial charge in [0, 0.05) is 73.7 Å².